The summed E-state index contributed by atoms with van der Waals surface area (Å²) < 4.78 is 30.7. The predicted octanol–water partition coefficient (Wildman–Crippen LogP) is 18.7. The zero-order valence-corrected chi connectivity index (χ0v) is 49.5. The largest absolute Gasteiger partial charge is 0.472 e. The van der Waals surface area contributed by atoms with Crippen LogP contribution in [-0.4, -0.2) is 74.3 Å². The molecule has 2 N–H and O–H groups in total. The van der Waals surface area contributed by atoms with E-state index in [-0.39, 0.29) is 31.5 Å². The second-order valence-electron chi connectivity index (χ2n) is 21.9. The minimum atomic E-state index is -4.45. The lowest BCUT2D eigenvalue weighted by atomic mass is 10.0. The molecule has 3 atom stereocenters. The fourth-order valence-electron chi connectivity index (χ4n) is 8.76. The van der Waals surface area contributed by atoms with Crippen molar-refractivity contribution in [1.29, 1.82) is 0 Å². The third-order valence-electron chi connectivity index (χ3n) is 13.5. The number of nitrogens with zero attached hydrogens (tertiary/aromatic N) is 1. The summed E-state index contributed by atoms with van der Waals surface area (Å²) in [6.07, 6.45) is 66.5. The molecule has 1 amide bonds. The first-order valence-electron chi connectivity index (χ1n) is 30.6. The summed E-state index contributed by atoms with van der Waals surface area (Å²) in [6.45, 7) is 6.88. The van der Waals surface area contributed by atoms with Crippen LogP contribution in [0.2, 0.25) is 0 Å². The first-order valence-corrected chi connectivity index (χ1v) is 32.1. The highest BCUT2D eigenvalue weighted by Crippen LogP contribution is 2.43. The zero-order chi connectivity index (χ0) is 53.6. The molecule has 0 aromatic rings. The molecule has 0 aliphatic heterocycles. The van der Waals surface area contributed by atoms with Crippen LogP contribution in [0, 0.1) is 0 Å². The summed E-state index contributed by atoms with van der Waals surface area (Å²) in [4.78, 5) is 37.7. The van der Waals surface area contributed by atoms with Gasteiger partial charge in [0.05, 0.1) is 33.8 Å². The molecular weight excluding hydrogens is 928 g/mol. The van der Waals surface area contributed by atoms with Crippen LogP contribution in [-0.2, 0) is 27.9 Å². The molecule has 426 valence electrons. The highest BCUT2D eigenvalue weighted by atomic mass is 31.2. The number of hydrogen-bond acceptors (Lipinski definition) is 6. The van der Waals surface area contributed by atoms with Gasteiger partial charge in [-0.1, -0.05) is 249 Å². The number of esters is 1. The van der Waals surface area contributed by atoms with E-state index in [9.17, 15) is 19.0 Å². The number of phosphoric acid groups is 1. The van der Waals surface area contributed by atoms with Gasteiger partial charge in [-0.3, -0.25) is 18.6 Å². The van der Waals surface area contributed by atoms with E-state index in [1.165, 1.54) is 161 Å². The van der Waals surface area contributed by atoms with Crippen LogP contribution >= 0.6 is 7.82 Å². The molecule has 0 fully saturated rings. The van der Waals surface area contributed by atoms with Gasteiger partial charge in [-0.2, -0.15) is 0 Å². The second-order valence-corrected chi connectivity index (χ2v) is 23.4. The van der Waals surface area contributed by atoms with Crippen LogP contribution in [0.1, 0.15) is 278 Å². The van der Waals surface area contributed by atoms with Crippen molar-refractivity contribution >= 4 is 19.7 Å². The van der Waals surface area contributed by atoms with Gasteiger partial charge in [0.2, 0.25) is 5.91 Å². The molecule has 9 nitrogen and oxygen atoms in total. The molecule has 10 heteroatoms. The van der Waals surface area contributed by atoms with Gasteiger partial charge in [0.15, 0.2) is 0 Å². The molecule has 0 radical (unpaired) electrons. The Labute approximate surface area is 451 Å². The molecule has 0 aromatic heterocycles. The number of allylic oxidation sites excluding steroid dienone is 9. The van der Waals surface area contributed by atoms with E-state index in [1.54, 1.807) is 0 Å². The Hall–Kier alpha value is -2.29. The fourth-order valence-corrected chi connectivity index (χ4v) is 9.49. The number of likely N-dealkylation sites (N-methyl/N-ethyl adjacent to an activating group) is 1. The predicted molar refractivity (Wildman–Crippen MR) is 314 cm³/mol. The van der Waals surface area contributed by atoms with Gasteiger partial charge >= 0.3 is 13.8 Å². The average molecular weight is 1050 g/mol. The lowest BCUT2D eigenvalue weighted by Crippen LogP contribution is -2.47. The number of quaternary nitrogens is 1. The first-order chi connectivity index (χ1) is 35.4. The summed E-state index contributed by atoms with van der Waals surface area (Å²) in [5, 5.41) is 3.05. The lowest BCUT2D eigenvalue weighted by molar-refractivity contribution is -0.870. The van der Waals surface area contributed by atoms with Gasteiger partial charge in [0, 0.05) is 12.8 Å². The number of rotatable bonds is 55. The van der Waals surface area contributed by atoms with Crippen molar-refractivity contribution < 1.29 is 37.3 Å². The van der Waals surface area contributed by atoms with Gasteiger partial charge in [-0.05, 0) is 76.7 Å². The van der Waals surface area contributed by atoms with E-state index < -0.39 is 20.0 Å². The van der Waals surface area contributed by atoms with Crippen molar-refractivity contribution in [1.82, 2.24) is 5.32 Å². The normalized spacial score (nSPS) is 14.1. The van der Waals surface area contributed by atoms with Crippen molar-refractivity contribution in [2.45, 2.75) is 290 Å². The van der Waals surface area contributed by atoms with Crippen LogP contribution in [0.25, 0.3) is 0 Å². The van der Waals surface area contributed by atoms with E-state index in [0.717, 1.165) is 77.0 Å². The van der Waals surface area contributed by atoms with Gasteiger partial charge in [-0.25, -0.2) is 4.57 Å². The molecule has 0 saturated heterocycles. The Bertz CT molecular complexity index is 1440. The number of carbonyl (C=O) groups excluding carboxylic acids is 2. The van der Waals surface area contributed by atoms with E-state index in [2.05, 4.69) is 74.7 Å². The van der Waals surface area contributed by atoms with Crippen LogP contribution in [0.3, 0.4) is 0 Å². The first kappa shape index (κ1) is 70.7. The van der Waals surface area contributed by atoms with Crippen LogP contribution in [0.5, 0.6) is 0 Å². The van der Waals surface area contributed by atoms with E-state index in [1.807, 2.05) is 33.3 Å². The van der Waals surface area contributed by atoms with Gasteiger partial charge in [0.25, 0.3) is 0 Å². The number of phosphoric ester groups is 1. The smallest absolute Gasteiger partial charge is 0.456 e. The van der Waals surface area contributed by atoms with Crippen LogP contribution in [0.4, 0.5) is 0 Å². The highest BCUT2D eigenvalue weighted by molar-refractivity contribution is 7.47. The third kappa shape index (κ3) is 54.3. The SMILES string of the molecule is CC/C=C/C=C/C=C\CCCCCCCC(=O)OC(/C=C\CCCCCCCCCCCCC)C(COP(=O)(O)OCC[N+](C)(C)C)NC(=O)CCCCCCCCCCCCC/C=C/CCCCCCCC. The van der Waals surface area contributed by atoms with Crippen molar-refractivity contribution in [3.63, 3.8) is 0 Å². The molecule has 0 heterocycles. The molecule has 0 bridgehead atoms. The monoisotopic (exact) mass is 1050 g/mol. The molecule has 0 rings (SSSR count). The Morgan fingerprint density at radius 3 is 1.34 bits per heavy atom. The van der Waals surface area contributed by atoms with Crippen molar-refractivity contribution in [3.05, 3.63) is 60.8 Å². The Kier molecular flexibility index (Phi) is 51.5. The number of amides is 1. The molecular formula is C63H118N2O7P+. The minimum absolute atomic E-state index is 0.0358. The number of hydrogen-bond donors (Lipinski definition) is 2. The van der Waals surface area contributed by atoms with E-state index in [4.69, 9.17) is 13.8 Å². The van der Waals surface area contributed by atoms with Crippen LogP contribution < -0.4 is 5.32 Å². The maximum atomic E-state index is 13.5. The maximum absolute atomic E-state index is 13.5. The molecule has 3 unspecified atom stereocenters. The number of ether oxygens (including phenoxy) is 1. The Balaban J connectivity index is 5.24. The number of carbonyl (C=O) groups is 2. The Morgan fingerprint density at radius 1 is 0.493 bits per heavy atom. The number of nitrogens with one attached hydrogen (secondary N) is 1. The summed E-state index contributed by atoms with van der Waals surface area (Å²) >= 11 is 0. The summed E-state index contributed by atoms with van der Waals surface area (Å²) in [5.41, 5.74) is 0. The summed E-state index contributed by atoms with van der Waals surface area (Å²) in [5.74, 6) is -0.525. The zero-order valence-electron chi connectivity index (χ0n) is 48.6. The summed E-state index contributed by atoms with van der Waals surface area (Å²) in [6, 6.07) is -0.857. The molecule has 73 heavy (non-hydrogen) atoms. The standard InChI is InChI=1S/C63H117N2O7P/c1-7-10-13-16-19-22-25-28-29-30-31-32-33-34-35-38-40-43-46-49-52-55-62(66)64-60(59-71-73(68,69)70-58-57-65(4,5)6)61(54-51-48-45-42-39-36-26-23-20-17-14-11-8-2)72-63(67)56-53-50-47-44-41-37-27-24-21-18-15-12-9-3/h12,15,18,21,24,27-29,51,54,60-61H,7-11,13-14,16-17,19-20,22-23,25-26,30-50,52-53,55-59H2,1-6H3,(H-,64,66,68,69)/p+1/b15-12+,21-18+,27-24-,29-28+,54-51-. The fraction of sp³-hybridized carbons (Fsp3) is 0.810. The quantitative estimate of drug-likeness (QED) is 0.0156. The molecule has 0 aliphatic rings. The molecule has 0 aliphatic carbocycles. The van der Waals surface area contributed by atoms with E-state index in [0.29, 0.717) is 23.9 Å². The minimum Gasteiger partial charge on any atom is -0.456 e. The van der Waals surface area contributed by atoms with Crippen molar-refractivity contribution in [2.75, 3.05) is 40.9 Å². The molecule has 0 spiro atoms. The van der Waals surface area contributed by atoms with Gasteiger partial charge < -0.3 is 19.4 Å². The number of unbranched alkanes of at least 4 members (excludes halogenated alkanes) is 33. The third-order valence-corrected chi connectivity index (χ3v) is 14.5. The second kappa shape index (κ2) is 53.1. The highest BCUT2D eigenvalue weighted by Gasteiger charge is 2.30. The van der Waals surface area contributed by atoms with Gasteiger partial charge in [0.1, 0.15) is 19.3 Å². The Morgan fingerprint density at radius 2 is 0.890 bits per heavy atom. The van der Waals surface area contributed by atoms with Crippen molar-refractivity contribution in [3.8, 4) is 0 Å². The van der Waals surface area contributed by atoms with Gasteiger partial charge in [-0.15, -0.1) is 0 Å². The van der Waals surface area contributed by atoms with Crippen LogP contribution in [0.15, 0.2) is 60.8 Å². The lowest BCUT2D eigenvalue weighted by Gasteiger charge is -2.27. The summed E-state index contributed by atoms with van der Waals surface area (Å²) in [7, 11) is 1.48. The van der Waals surface area contributed by atoms with E-state index >= 15 is 0 Å². The van der Waals surface area contributed by atoms with Crippen molar-refractivity contribution in [2.24, 2.45) is 0 Å². The maximum Gasteiger partial charge on any atom is 0.472 e. The molecule has 0 saturated carbocycles. The molecule has 0 aromatic carbocycles. The average Bonchev–Trinajstić information content (AvgIpc) is 3.35. The topological polar surface area (TPSA) is 111 Å².